The Balaban J connectivity index is 1.55. The van der Waals surface area contributed by atoms with E-state index in [1.807, 2.05) is 11.8 Å². The predicted octanol–water partition coefficient (Wildman–Crippen LogP) is 8.22. The van der Waals surface area contributed by atoms with E-state index in [1.54, 1.807) is 0 Å². The third-order valence-electron chi connectivity index (χ3n) is 5.56. The van der Waals surface area contributed by atoms with Gasteiger partial charge in [-0.2, -0.15) is 0 Å². The maximum atomic E-state index is 6.11. The van der Waals surface area contributed by atoms with Gasteiger partial charge >= 0.3 is 0 Å². The van der Waals surface area contributed by atoms with Gasteiger partial charge in [-0.15, -0.1) is 0 Å². The lowest BCUT2D eigenvalue weighted by Crippen LogP contribution is -2.14. The highest BCUT2D eigenvalue weighted by Gasteiger charge is 2.24. The quantitative estimate of drug-likeness (QED) is 0.294. The number of fused-ring (bicyclic) bond motifs is 2. The summed E-state index contributed by atoms with van der Waals surface area (Å²) in [5.74, 6) is 1.60. The summed E-state index contributed by atoms with van der Waals surface area (Å²) in [6.45, 7) is 5.32. The number of para-hydroxylation sites is 2. The topological polar surface area (TPSA) is 12.5 Å². The molecule has 0 saturated heterocycles. The molecule has 1 aliphatic rings. The first kappa shape index (κ1) is 19.9. The Morgan fingerprint density at radius 3 is 2.03 bits per heavy atom. The smallest absolute Gasteiger partial charge is 0.119 e. The summed E-state index contributed by atoms with van der Waals surface area (Å²) in [4.78, 5) is 4.92. The van der Waals surface area contributed by atoms with E-state index in [4.69, 9.17) is 4.74 Å². The predicted molar refractivity (Wildman–Crippen MR) is 124 cm³/mol. The average Bonchev–Trinajstić information content (AvgIpc) is 2.78. The van der Waals surface area contributed by atoms with Gasteiger partial charge in [-0.25, -0.2) is 0 Å². The fourth-order valence-electron chi connectivity index (χ4n) is 3.79. The van der Waals surface area contributed by atoms with E-state index in [9.17, 15) is 0 Å². The minimum Gasteiger partial charge on any atom is -0.493 e. The van der Waals surface area contributed by atoms with Crippen LogP contribution in [0.4, 0.5) is 17.1 Å². The zero-order valence-electron chi connectivity index (χ0n) is 17.3. The van der Waals surface area contributed by atoms with Crippen LogP contribution in [0.15, 0.2) is 82.6 Å². The molecule has 0 bridgehead atoms. The van der Waals surface area contributed by atoms with Crippen molar-refractivity contribution in [1.82, 2.24) is 0 Å². The molecule has 29 heavy (non-hydrogen) atoms. The first-order valence-corrected chi connectivity index (χ1v) is 11.5. The molecule has 0 N–H and O–H groups in total. The fourth-order valence-corrected chi connectivity index (χ4v) is 4.84. The molecule has 1 unspecified atom stereocenters. The third kappa shape index (κ3) is 4.45. The van der Waals surface area contributed by atoms with Crippen LogP contribution in [0.2, 0.25) is 0 Å². The molecule has 1 aliphatic heterocycles. The lowest BCUT2D eigenvalue weighted by atomic mass is 10.0. The summed E-state index contributed by atoms with van der Waals surface area (Å²) < 4.78 is 6.11. The number of rotatable bonds is 8. The second-order valence-corrected chi connectivity index (χ2v) is 8.68. The number of hydrogen-bond donors (Lipinski definition) is 0. The minimum atomic E-state index is 0.646. The molecule has 0 saturated carbocycles. The average molecular weight is 404 g/mol. The van der Waals surface area contributed by atoms with Gasteiger partial charge in [0.2, 0.25) is 0 Å². The number of hydrogen-bond acceptors (Lipinski definition) is 3. The van der Waals surface area contributed by atoms with Crippen molar-refractivity contribution in [1.29, 1.82) is 0 Å². The van der Waals surface area contributed by atoms with Crippen molar-refractivity contribution in [2.75, 3.05) is 11.5 Å². The van der Waals surface area contributed by atoms with Gasteiger partial charge in [0.25, 0.3) is 0 Å². The Kier molecular flexibility index (Phi) is 6.46. The molecule has 0 spiro atoms. The maximum Gasteiger partial charge on any atom is 0.119 e. The van der Waals surface area contributed by atoms with Crippen LogP contribution in [0.3, 0.4) is 0 Å². The molecule has 0 radical (unpaired) electrons. The summed E-state index contributed by atoms with van der Waals surface area (Å²) >= 11 is 1.84. The first-order valence-electron chi connectivity index (χ1n) is 10.7. The molecule has 2 nitrogen and oxygen atoms in total. The zero-order chi connectivity index (χ0) is 20.1. The van der Waals surface area contributed by atoms with E-state index < -0.39 is 0 Å². The number of ether oxygens (including phenoxy) is 1. The van der Waals surface area contributed by atoms with Crippen molar-refractivity contribution >= 4 is 28.8 Å². The van der Waals surface area contributed by atoms with Gasteiger partial charge in [-0.1, -0.05) is 69.1 Å². The molecule has 1 atom stereocenters. The lowest BCUT2D eigenvalue weighted by molar-refractivity contribution is 0.233. The summed E-state index contributed by atoms with van der Waals surface area (Å²) in [6.07, 6.45) is 4.97. The highest BCUT2D eigenvalue weighted by molar-refractivity contribution is 7.99. The van der Waals surface area contributed by atoms with Crippen LogP contribution in [0.5, 0.6) is 5.75 Å². The van der Waals surface area contributed by atoms with Crippen LogP contribution in [-0.2, 0) is 0 Å². The molecule has 1 heterocycles. The van der Waals surface area contributed by atoms with Gasteiger partial charge in [0.1, 0.15) is 5.75 Å². The largest absolute Gasteiger partial charge is 0.493 e. The van der Waals surface area contributed by atoms with Crippen LogP contribution < -0.4 is 9.64 Å². The normalized spacial score (nSPS) is 13.5. The number of benzene rings is 3. The van der Waals surface area contributed by atoms with E-state index in [0.717, 1.165) is 18.0 Å². The van der Waals surface area contributed by atoms with Gasteiger partial charge < -0.3 is 9.64 Å². The van der Waals surface area contributed by atoms with Gasteiger partial charge in [0, 0.05) is 15.5 Å². The van der Waals surface area contributed by atoms with E-state index in [0.29, 0.717) is 5.92 Å². The number of anilines is 3. The Hall–Kier alpha value is -2.39. The highest BCUT2D eigenvalue weighted by Crippen LogP contribution is 2.51. The monoisotopic (exact) mass is 403 g/mol. The molecule has 0 aromatic heterocycles. The summed E-state index contributed by atoms with van der Waals surface area (Å²) in [7, 11) is 0. The molecule has 3 aromatic rings. The van der Waals surface area contributed by atoms with E-state index in [1.165, 1.54) is 46.8 Å². The molecule has 4 rings (SSSR count). The summed E-state index contributed by atoms with van der Waals surface area (Å²) in [5, 5.41) is 0. The number of unbranched alkanes of at least 4 members (excludes halogenated alkanes) is 1. The molecule has 0 fully saturated rings. The summed E-state index contributed by atoms with van der Waals surface area (Å²) in [5.41, 5.74) is 3.63. The van der Waals surface area contributed by atoms with Crippen molar-refractivity contribution in [3.05, 3.63) is 72.8 Å². The van der Waals surface area contributed by atoms with Gasteiger partial charge in [0.15, 0.2) is 0 Å². The van der Waals surface area contributed by atoms with Gasteiger partial charge in [-0.3, -0.25) is 0 Å². The molecule has 0 aliphatic carbocycles. The van der Waals surface area contributed by atoms with Crippen molar-refractivity contribution in [3.63, 3.8) is 0 Å². The third-order valence-corrected chi connectivity index (χ3v) is 6.69. The van der Waals surface area contributed by atoms with Crippen LogP contribution in [0.25, 0.3) is 0 Å². The van der Waals surface area contributed by atoms with Crippen LogP contribution in [0, 0.1) is 5.92 Å². The second-order valence-electron chi connectivity index (χ2n) is 7.59. The summed E-state index contributed by atoms with van der Waals surface area (Å²) in [6, 6.07) is 25.8. The SMILES string of the molecule is CCCCC(CC)COc1ccc(N2c3ccccc3Sc3ccccc32)cc1. The Morgan fingerprint density at radius 2 is 1.45 bits per heavy atom. The minimum absolute atomic E-state index is 0.646. The Bertz CT molecular complexity index is 892. The molecular weight excluding hydrogens is 374 g/mol. The first-order chi connectivity index (χ1) is 14.3. The number of nitrogens with zero attached hydrogens (tertiary/aromatic N) is 1. The molecule has 0 amide bonds. The van der Waals surface area contributed by atoms with Crippen molar-refractivity contribution in [2.24, 2.45) is 5.92 Å². The molecule has 3 aromatic carbocycles. The van der Waals surface area contributed by atoms with E-state index >= 15 is 0 Å². The maximum absolute atomic E-state index is 6.11. The zero-order valence-corrected chi connectivity index (χ0v) is 18.1. The van der Waals surface area contributed by atoms with Gasteiger partial charge in [0.05, 0.1) is 18.0 Å². The van der Waals surface area contributed by atoms with Crippen molar-refractivity contribution < 1.29 is 4.74 Å². The second kappa shape index (κ2) is 9.41. The van der Waals surface area contributed by atoms with E-state index in [2.05, 4.69) is 91.5 Å². The molecule has 3 heteroatoms. The lowest BCUT2D eigenvalue weighted by Gasteiger charge is -2.32. The van der Waals surface area contributed by atoms with Crippen molar-refractivity contribution in [2.45, 2.75) is 49.3 Å². The Morgan fingerprint density at radius 1 is 0.828 bits per heavy atom. The Labute approximate surface area is 178 Å². The highest BCUT2D eigenvalue weighted by atomic mass is 32.2. The van der Waals surface area contributed by atoms with Crippen LogP contribution >= 0.6 is 11.8 Å². The van der Waals surface area contributed by atoms with E-state index in [-0.39, 0.29) is 0 Å². The fraction of sp³-hybridized carbons (Fsp3) is 0.308. The standard InChI is InChI=1S/C26H29NOS/c1-3-5-10-20(4-2)19-28-22-17-15-21(16-18-22)27-23-11-6-8-13-25(23)29-26-14-9-7-12-24(26)27/h6-9,11-18,20H,3-5,10,19H2,1-2H3. The van der Waals surface area contributed by atoms with Crippen LogP contribution in [-0.4, -0.2) is 6.61 Å². The van der Waals surface area contributed by atoms with Crippen LogP contribution in [0.1, 0.15) is 39.5 Å². The van der Waals surface area contributed by atoms with Crippen molar-refractivity contribution in [3.8, 4) is 5.75 Å². The molecular formula is C26H29NOS. The van der Waals surface area contributed by atoms with Gasteiger partial charge in [-0.05, 0) is 60.9 Å². The molecule has 150 valence electrons.